The summed E-state index contributed by atoms with van der Waals surface area (Å²) in [5, 5.41) is -0.494. The smallest absolute Gasteiger partial charge is 0.200 e. The summed E-state index contributed by atoms with van der Waals surface area (Å²) in [6.07, 6.45) is 1.40. The van der Waals surface area contributed by atoms with E-state index in [1.807, 2.05) is 6.07 Å². The molecule has 0 radical (unpaired) electrons. The van der Waals surface area contributed by atoms with E-state index in [4.69, 9.17) is 4.43 Å². The van der Waals surface area contributed by atoms with Crippen molar-refractivity contribution in [1.82, 2.24) is 4.90 Å². The van der Waals surface area contributed by atoms with E-state index in [0.29, 0.717) is 27.9 Å². The zero-order valence-corrected chi connectivity index (χ0v) is 21.3. The normalized spacial score (nSPS) is 26.0. The first-order valence-electron chi connectivity index (χ1n) is 11.4. The van der Waals surface area contributed by atoms with E-state index < -0.39 is 23.4 Å². The summed E-state index contributed by atoms with van der Waals surface area (Å²) >= 11 is 0. The highest BCUT2D eigenvalue weighted by Gasteiger charge is 2.53. The first-order chi connectivity index (χ1) is 14.0. The lowest BCUT2D eigenvalue weighted by molar-refractivity contribution is 0.109. The second-order valence-corrected chi connectivity index (χ2v) is 17.6. The van der Waals surface area contributed by atoms with Crippen LogP contribution in [0.15, 0.2) is 47.4 Å². The molecule has 2 heterocycles. The van der Waals surface area contributed by atoms with E-state index in [9.17, 15) is 8.42 Å². The fourth-order valence-corrected chi connectivity index (χ4v) is 13.8. The van der Waals surface area contributed by atoms with Gasteiger partial charge in [-0.05, 0) is 41.6 Å². The van der Waals surface area contributed by atoms with Crippen molar-refractivity contribution in [3.8, 4) is 0 Å². The summed E-state index contributed by atoms with van der Waals surface area (Å²) in [4.78, 5) is 2.73. The summed E-state index contributed by atoms with van der Waals surface area (Å²) < 4.78 is 34.5. The van der Waals surface area contributed by atoms with E-state index in [-0.39, 0.29) is 12.1 Å². The molecule has 4 nitrogen and oxygen atoms in total. The van der Waals surface area contributed by atoms with Crippen LogP contribution in [-0.4, -0.2) is 52.1 Å². The van der Waals surface area contributed by atoms with Crippen LogP contribution in [0, 0.1) is 0 Å². The third-order valence-corrected chi connectivity index (χ3v) is 15.6. The van der Waals surface area contributed by atoms with Gasteiger partial charge >= 0.3 is 0 Å². The van der Waals surface area contributed by atoms with Crippen molar-refractivity contribution >= 4 is 18.2 Å². The fraction of sp³-hybridized carbons (Fsp3) is 0.667. The molecule has 0 aromatic heterocycles. The van der Waals surface area contributed by atoms with Gasteiger partial charge in [-0.3, -0.25) is 4.90 Å². The number of sulfone groups is 1. The highest BCUT2D eigenvalue weighted by molar-refractivity contribution is 7.92. The molecule has 0 amide bonds. The van der Waals surface area contributed by atoms with Crippen molar-refractivity contribution in [2.45, 2.75) is 93.3 Å². The van der Waals surface area contributed by atoms with Gasteiger partial charge in [0.1, 0.15) is 0 Å². The molecule has 3 rings (SSSR count). The van der Waals surface area contributed by atoms with Crippen molar-refractivity contribution in [2.75, 3.05) is 13.1 Å². The van der Waals surface area contributed by atoms with E-state index in [2.05, 4.69) is 53.0 Å². The van der Waals surface area contributed by atoms with E-state index >= 15 is 0 Å². The van der Waals surface area contributed by atoms with Crippen LogP contribution >= 0.6 is 0 Å². The van der Waals surface area contributed by atoms with E-state index in [1.165, 1.54) is 0 Å². The van der Waals surface area contributed by atoms with Gasteiger partial charge in [-0.1, -0.05) is 71.9 Å². The molecule has 2 aliphatic heterocycles. The Balaban J connectivity index is 2.00. The fourth-order valence-electron chi connectivity index (χ4n) is 6.14. The molecule has 3 atom stereocenters. The third-order valence-electron chi connectivity index (χ3n) is 7.33. The van der Waals surface area contributed by atoms with Crippen LogP contribution in [0.2, 0.25) is 16.6 Å². The molecular weight excluding hydrogens is 410 g/mol. The Labute approximate surface area is 184 Å². The molecule has 2 fully saturated rings. The van der Waals surface area contributed by atoms with Gasteiger partial charge in [0.05, 0.1) is 22.3 Å². The first kappa shape index (κ1) is 23.7. The number of fused-ring (bicyclic) bond motifs is 1. The SMILES string of the molecule is C=C1C[C@H](S(=O)(=O)c2ccccc2)[C@H]2[C@H](O[Si](C(C)C)(C(C)C)C(C)C)CCN2C1. The van der Waals surface area contributed by atoms with Gasteiger partial charge in [0, 0.05) is 13.1 Å². The van der Waals surface area contributed by atoms with Crippen LogP contribution in [0.3, 0.4) is 0 Å². The zero-order chi connectivity index (χ0) is 22.3. The first-order valence-corrected chi connectivity index (χ1v) is 15.1. The molecule has 2 aliphatic rings. The average Bonchev–Trinajstić information content (AvgIpc) is 3.07. The lowest BCUT2D eigenvalue weighted by Crippen LogP contribution is -2.57. The van der Waals surface area contributed by atoms with Crippen LogP contribution in [0.25, 0.3) is 0 Å². The average molecular weight is 450 g/mol. The summed E-state index contributed by atoms with van der Waals surface area (Å²) in [6, 6.07) is 8.82. The van der Waals surface area contributed by atoms with Gasteiger partial charge in [0.2, 0.25) is 8.32 Å². The standard InChI is InChI=1S/C24H39NO3SSi/c1-17(2)30(18(3)4,19(5)6)28-22-13-14-25-16-20(7)15-23(24(22)25)29(26,27)21-11-9-8-10-12-21/h8-12,17-19,22-24H,7,13-16H2,1-6H3/t22-,23+,24-/m1/s1. The molecule has 0 N–H and O–H groups in total. The Bertz CT molecular complexity index is 829. The minimum atomic E-state index is -3.47. The van der Waals surface area contributed by atoms with Crippen molar-refractivity contribution in [1.29, 1.82) is 0 Å². The van der Waals surface area contributed by atoms with Crippen LogP contribution < -0.4 is 0 Å². The minimum absolute atomic E-state index is 0.0274. The number of rotatable bonds is 7. The quantitative estimate of drug-likeness (QED) is 0.412. The van der Waals surface area contributed by atoms with Gasteiger partial charge in [-0.25, -0.2) is 8.42 Å². The van der Waals surface area contributed by atoms with Crippen LogP contribution in [0.4, 0.5) is 0 Å². The minimum Gasteiger partial charge on any atom is -0.411 e. The lowest BCUT2D eigenvalue weighted by Gasteiger charge is -2.47. The molecule has 6 heteroatoms. The summed E-state index contributed by atoms with van der Waals surface area (Å²) in [7, 11) is -5.56. The number of benzene rings is 1. The van der Waals surface area contributed by atoms with Gasteiger partial charge in [0.25, 0.3) is 0 Å². The molecule has 0 unspecified atom stereocenters. The van der Waals surface area contributed by atoms with Gasteiger partial charge in [0.15, 0.2) is 9.84 Å². The predicted molar refractivity (Wildman–Crippen MR) is 127 cm³/mol. The number of hydrogen-bond acceptors (Lipinski definition) is 4. The second-order valence-electron chi connectivity index (χ2n) is 10.1. The van der Waals surface area contributed by atoms with E-state index in [1.54, 1.807) is 24.3 Å². The Kier molecular flexibility index (Phi) is 7.02. The maximum atomic E-state index is 13.7. The third kappa shape index (κ3) is 4.08. The molecular formula is C24H39NO3SSi. The molecule has 2 saturated heterocycles. The van der Waals surface area contributed by atoms with E-state index in [0.717, 1.165) is 25.1 Å². The van der Waals surface area contributed by atoms with Crippen LogP contribution in [0.1, 0.15) is 54.4 Å². The molecule has 0 bridgehead atoms. The predicted octanol–water partition coefficient (Wildman–Crippen LogP) is 5.42. The van der Waals surface area contributed by atoms with Gasteiger partial charge < -0.3 is 4.43 Å². The molecule has 30 heavy (non-hydrogen) atoms. The molecule has 168 valence electrons. The number of piperidine rings is 1. The van der Waals surface area contributed by atoms with Crippen LogP contribution in [0.5, 0.6) is 0 Å². The summed E-state index contributed by atoms with van der Waals surface area (Å²) in [6.45, 7) is 19.6. The molecule has 1 aromatic carbocycles. The largest absolute Gasteiger partial charge is 0.411 e. The zero-order valence-electron chi connectivity index (χ0n) is 19.5. The highest BCUT2D eigenvalue weighted by atomic mass is 32.2. The number of hydrogen-bond donors (Lipinski definition) is 0. The van der Waals surface area contributed by atoms with Gasteiger partial charge in [-0.2, -0.15) is 0 Å². The Hall–Kier alpha value is -0.953. The monoisotopic (exact) mass is 449 g/mol. The molecule has 0 saturated carbocycles. The topological polar surface area (TPSA) is 46.6 Å². The lowest BCUT2D eigenvalue weighted by atomic mass is 9.97. The summed E-state index contributed by atoms with van der Waals surface area (Å²) in [5.74, 6) is 0. The molecule has 1 aromatic rings. The van der Waals surface area contributed by atoms with Crippen molar-refractivity contribution < 1.29 is 12.8 Å². The number of nitrogens with zero attached hydrogens (tertiary/aromatic N) is 1. The molecule has 0 spiro atoms. The highest BCUT2D eigenvalue weighted by Crippen LogP contribution is 2.46. The van der Waals surface area contributed by atoms with Crippen molar-refractivity contribution in [3.63, 3.8) is 0 Å². The van der Waals surface area contributed by atoms with Gasteiger partial charge in [-0.15, -0.1) is 0 Å². The van der Waals surface area contributed by atoms with Crippen molar-refractivity contribution in [2.24, 2.45) is 0 Å². The maximum absolute atomic E-state index is 13.7. The maximum Gasteiger partial charge on any atom is 0.200 e. The summed E-state index contributed by atoms with van der Waals surface area (Å²) in [5.41, 5.74) is 2.45. The van der Waals surface area contributed by atoms with Crippen molar-refractivity contribution in [3.05, 3.63) is 42.5 Å². The Morgan fingerprint density at radius 2 is 1.60 bits per heavy atom. The molecule has 0 aliphatic carbocycles. The Morgan fingerprint density at radius 1 is 1.03 bits per heavy atom. The second kappa shape index (κ2) is 8.89. The van der Waals surface area contributed by atoms with Crippen LogP contribution in [-0.2, 0) is 14.3 Å². The Morgan fingerprint density at radius 3 is 2.13 bits per heavy atom.